The molecule has 8 nitrogen and oxygen atoms in total. The van der Waals surface area contributed by atoms with Crippen molar-refractivity contribution < 1.29 is 4.79 Å². The second-order valence-corrected chi connectivity index (χ2v) is 5.98. The smallest absolute Gasteiger partial charge is 0.272 e. The molecule has 0 aliphatic heterocycles. The van der Waals surface area contributed by atoms with Crippen LogP contribution in [0.25, 0.3) is 5.65 Å². The summed E-state index contributed by atoms with van der Waals surface area (Å²) in [6.45, 7) is 7.33. The highest BCUT2D eigenvalue weighted by Gasteiger charge is 2.20. The Kier molecular flexibility index (Phi) is 3.96. The van der Waals surface area contributed by atoms with E-state index in [-0.39, 0.29) is 17.5 Å². The maximum absolute atomic E-state index is 12.4. The Balaban J connectivity index is 1.82. The first-order valence-electron chi connectivity index (χ1n) is 7.76. The molecule has 1 amide bonds. The summed E-state index contributed by atoms with van der Waals surface area (Å²) in [4.78, 5) is 29.0. The van der Waals surface area contributed by atoms with Gasteiger partial charge in [-0.25, -0.2) is 9.50 Å². The molecule has 0 saturated heterocycles. The van der Waals surface area contributed by atoms with Crippen molar-refractivity contribution >= 4 is 11.6 Å². The Hall–Kier alpha value is -2.90. The fourth-order valence-electron chi connectivity index (χ4n) is 2.66. The minimum Gasteiger partial charge on any atom is -0.346 e. The van der Waals surface area contributed by atoms with E-state index in [1.807, 2.05) is 19.9 Å². The van der Waals surface area contributed by atoms with Crippen LogP contribution in [0.5, 0.6) is 0 Å². The molecule has 0 aliphatic rings. The standard InChI is InChI=1S/C16H20N6O2/c1-9-7-14-19-13(8-15(23)22(14)20-9)11(3)18-16(24)12(4)21-10(2)5-6-17-21/h5-8,11-12,20H,1-4H3,(H,18,24). The van der Waals surface area contributed by atoms with Crippen LogP contribution in [-0.4, -0.2) is 30.3 Å². The monoisotopic (exact) mass is 328 g/mol. The Labute approximate surface area is 138 Å². The molecule has 126 valence electrons. The molecule has 0 bridgehead atoms. The van der Waals surface area contributed by atoms with Crippen molar-refractivity contribution in [1.82, 2.24) is 29.7 Å². The van der Waals surface area contributed by atoms with Crippen molar-refractivity contribution in [1.29, 1.82) is 0 Å². The first kappa shape index (κ1) is 16.0. The van der Waals surface area contributed by atoms with Gasteiger partial charge in [0.05, 0.1) is 11.7 Å². The van der Waals surface area contributed by atoms with E-state index < -0.39 is 6.04 Å². The molecule has 2 unspecified atom stereocenters. The Morgan fingerprint density at radius 2 is 2.04 bits per heavy atom. The number of hydrogen-bond acceptors (Lipinski definition) is 4. The van der Waals surface area contributed by atoms with Gasteiger partial charge in [-0.1, -0.05) is 0 Å². The lowest BCUT2D eigenvalue weighted by molar-refractivity contribution is -0.124. The molecule has 0 aliphatic carbocycles. The van der Waals surface area contributed by atoms with E-state index in [4.69, 9.17) is 0 Å². The van der Waals surface area contributed by atoms with Gasteiger partial charge in [-0.15, -0.1) is 0 Å². The van der Waals surface area contributed by atoms with Crippen molar-refractivity contribution in [2.24, 2.45) is 0 Å². The summed E-state index contributed by atoms with van der Waals surface area (Å²) in [5, 5.41) is 9.97. The highest BCUT2D eigenvalue weighted by Crippen LogP contribution is 2.13. The second-order valence-electron chi connectivity index (χ2n) is 5.98. The molecule has 0 aromatic carbocycles. The van der Waals surface area contributed by atoms with E-state index >= 15 is 0 Å². The average Bonchev–Trinajstić information content (AvgIpc) is 3.11. The first-order chi connectivity index (χ1) is 11.4. The van der Waals surface area contributed by atoms with Gasteiger partial charge in [-0.05, 0) is 33.8 Å². The molecule has 3 heterocycles. The number of rotatable bonds is 4. The van der Waals surface area contributed by atoms with E-state index in [2.05, 4.69) is 20.5 Å². The van der Waals surface area contributed by atoms with Crippen molar-refractivity contribution in [3.63, 3.8) is 0 Å². The number of aromatic nitrogens is 5. The number of amides is 1. The molecule has 8 heteroatoms. The third-order valence-corrected chi connectivity index (χ3v) is 4.02. The predicted octanol–water partition coefficient (Wildman–Crippen LogP) is 1.27. The molecule has 0 fully saturated rings. The summed E-state index contributed by atoms with van der Waals surface area (Å²) in [5.41, 5.74) is 2.60. The number of aryl methyl sites for hydroxylation is 2. The van der Waals surface area contributed by atoms with Crippen LogP contribution >= 0.6 is 0 Å². The summed E-state index contributed by atoms with van der Waals surface area (Å²) in [6.07, 6.45) is 1.66. The molecule has 24 heavy (non-hydrogen) atoms. The number of aromatic amines is 1. The average molecular weight is 328 g/mol. The molecule has 0 saturated carbocycles. The quantitative estimate of drug-likeness (QED) is 0.754. The number of nitrogens with one attached hydrogen (secondary N) is 2. The van der Waals surface area contributed by atoms with E-state index in [1.54, 1.807) is 30.8 Å². The van der Waals surface area contributed by atoms with Crippen LogP contribution < -0.4 is 10.9 Å². The molecule has 0 radical (unpaired) electrons. The lowest BCUT2D eigenvalue weighted by Gasteiger charge is -2.18. The first-order valence-corrected chi connectivity index (χ1v) is 7.76. The molecular formula is C16H20N6O2. The maximum atomic E-state index is 12.4. The van der Waals surface area contributed by atoms with Gasteiger partial charge in [-0.3, -0.25) is 19.4 Å². The molecule has 2 N–H and O–H groups in total. The van der Waals surface area contributed by atoms with E-state index in [0.717, 1.165) is 11.4 Å². The number of hydrogen-bond donors (Lipinski definition) is 2. The fraction of sp³-hybridized carbons (Fsp3) is 0.375. The molecular weight excluding hydrogens is 308 g/mol. The largest absolute Gasteiger partial charge is 0.346 e. The number of carbonyl (C=O) groups excluding carboxylic acids is 1. The van der Waals surface area contributed by atoms with Crippen LogP contribution in [0.2, 0.25) is 0 Å². The Morgan fingerprint density at radius 3 is 2.71 bits per heavy atom. The zero-order valence-electron chi connectivity index (χ0n) is 14.1. The van der Waals surface area contributed by atoms with Gasteiger partial charge >= 0.3 is 0 Å². The summed E-state index contributed by atoms with van der Waals surface area (Å²) in [5.74, 6) is -0.179. The fourth-order valence-corrected chi connectivity index (χ4v) is 2.66. The van der Waals surface area contributed by atoms with E-state index in [0.29, 0.717) is 11.3 Å². The van der Waals surface area contributed by atoms with Crippen LogP contribution in [-0.2, 0) is 4.79 Å². The van der Waals surface area contributed by atoms with Gasteiger partial charge in [-0.2, -0.15) is 5.10 Å². The van der Waals surface area contributed by atoms with Gasteiger partial charge in [0.1, 0.15) is 6.04 Å². The van der Waals surface area contributed by atoms with Crippen molar-refractivity contribution in [2.45, 2.75) is 39.8 Å². The van der Waals surface area contributed by atoms with Crippen LogP contribution in [0.1, 0.15) is 43.0 Å². The Morgan fingerprint density at radius 1 is 1.29 bits per heavy atom. The van der Waals surface area contributed by atoms with Gasteiger partial charge < -0.3 is 5.32 Å². The molecule has 2 atom stereocenters. The molecule has 0 spiro atoms. The SMILES string of the molecule is Cc1cc2nc(C(C)NC(=O)C(C)n3nccc3C)cc(=O)n2[nH]1. The lowest BCUT2D eigenvalue weighted by atomic mass is 10.2. The summed E-state index contributed by atoms with van der Waals surface area (Å²) in [6, 6.07) is 4.23. The van der Waals surface area contributed by atoms with Crippen LogP contribution in [0.3, 0.4) is 0 Å². The topological polar surface area (TPSA) is 97.1 Å². The van der Waals surface area contributed by atoms with E-state index in [9.17, 15) is 9.59 Å². The highest BCUT2D eigenvalue weighted by molar-refractivity contribution is 5.80. The normalized spacial score (nSPS) is 13.8. The predicted molar refractivity (Wildman–Crippen MR) is 88.8 cm³/mol. The van der Waals surface area contributed by atoms with Crippen molar-refractivity contribution in [2.75, 3.05) is 0 Å². The van der Waals surface area contributed by atoms with Crippen LogP contribution in [0, 0.1) is 13.8 Å². The Bertz CT molecular complexity index is 951. The van der Waals surface area contributed by atoms with Crippen molar-refractivity contribution in [3.8, 4) is 0 Å². The van der Waals surface area contributed by atoms with Gasteiger partial charge in [0.15, 0.2) is 5.65 Å². The number of fused-ring (bicyclic) bond motifs is 1. The maximum Gasteiger partial charge on any atom is 0.272 e. The minimum atomic E-state index is -0.443. The van der Waals surface area contributed by atoms with Gasteiger partial charge in [0.25, 0.3) is 5.56 Å². The lowest BCUT2D eigenvalue weighted by Crippen LogP contribution is -2.34. The summed E-state index contributed by atoms with van der Waals surface area (Å²) < 4.78 is 3.03. The highest BCUT2D eigenvalue weighted by atomic mass is 16.2. The summed E-state index contributed by atoms with van der Waals surface area (Å²) in [7, 11) is 0. The zero-order chi connectivity index (χ0) is 17.4. The van der Waals surface area contributed by atoms with E-state index in [1.165, 1.54) is 10.6 Å². The third-order valence-electron chi connectivity index (χ3n) is 4.02. The molecule has 3 aromatic rings. The molecule has 3 rings (SSSR count). The molecule has 3 aromatic heterocycles. The number of nitrogens with zero attached hydrogens (tertiary/aromatic N) is 4. The minimum absolute atomic E-state index is 0.179. The van der Waals surface area contributed by atoms with Crippen LogP contribution in [0.15, 0.2) is 29.2 Å². The van der Waals surface area contributed by atoms with Crippen LogP contribution in [0.4, 0.5) is 0 Å². The number of carbonyl (C=O) groups is 1. The third kappa shape index (κ3) is 2.82. The summed E-state index contributed by atoms with van der Waals surface area (Å²) >= 11 is 0. The van der Waals surface area contributed by atoms with Gasteiger partial charge in [0, 0.05) is 29.7 Å². The zero-order valence-corrected chi connectivity index (χ0v) is 14.1. The van der Waals surface area contributed by atoms with Gasteiger partial charge in [0.2, 0.25) is 5.91 Å². The number of H-pyrrole nitrogens is 1. The van der Waals surface area contributed by atoms with Crippen molar-refractivity contribution in [3.05, 3.63) is 51.8 Å². The second kappa shape index (κ2) is 5.95.